The van der Waals surface area contributed by atoms with Gasteiger partial charge < -0.3 is 0 Å². The highest BCUT2D eigenvalue weighted by molar-refractivity contribution is 7.82. The molecule has 0 aliphatic carbocycles. The fourth-order valence-electron chi connectivity index (χ4n) is 5.78. The fraction of sp³-hybridized carbons (Fsp3) is 0.143. The van der Waals surface area contributed by atoms with Crippen LogP contribution in [0.3, 0.4) is 0 Å². The van der Waals surface area contributed by atoms with E-state index in [0.717, 1.165) is 0 Å². The Morgan fingerprint density at radius 3 is 0.852 bits per heavy atom. The summed E-state index contributed by atoms with van der Waals surface area (Å²) in [5, 5.41) is 5.66. The maximum Gasteiger partial charge on any atom is 0.562 e. The number of hydrogen-bond donors (Lipinski definition) is 3. The zero-order valence-electron chi connectivity index (χ0n) is 30.6. The minimum atomic E-state index is -3.66. The third kappa shape index (κ3) is 8.48. The third-order valence-corrected chi connectivity index (χ3v) is 18.6. The van der Waals surface area contributed by atoms with Crippen molar-refractivity contribution in [3.63, 3.8) is 0 Å². The van der Waals surface area contributed by atoms with Crippen molar-refractivity contribution in [1.82, 2.24) is 15.0 Å². The molecule has 0 amide bonds. The van der Waals surface area contributed by atoms with Gasteiger partial charge in [0.15, 0.2) is 34.5 Å². The van der Waals surface area contributed by atoms with Crippen LogP contribution in [0.2, 0.25) is 0 Å². The molecule has 1 aliphatic rings. The summed E-state index contributed by atoms with van der Waals surface area (Å²) in [6, 6.07) is 57.7. The molecule has 3 N–H and O–H groups in total. The smallest absolute Gasteiger partial charge is 0.288 e. The molecule has 0 atom stereocenters. The van der Waals surface area contributed by atoms with Gasteiger partial charge in [0.2, 0.25) is 10.6 Å². The lowest BCUT2D eigenvalue weighted by molar-refractivity contribution is 0.328. The number of para-hydroxylation sites is 6. The molecular formula is C42H45N3O6P3+3. The molecule has 9 nitrogen and oxygen atoms in total. The molecule has 54 heavy (non-hydrogen) atoms. The Balaban J connectivity index is 1.52. The second kappa shape index (κ2) is 15.9. The number of rotatable bonds is 12. The van der Waals surface area contributed by atoms with Crippen molar-refractivity contribution in [1.29, 1.82) is 0 Å². The summed E-state index contributed by atoms with van der Waals surface area (Å²) < 4.78 is 43.2. The van der Waals surface area contributed by atoms with E-state index in [4.69, 9.17) is 27.1 Å². The largest absolute Gasteiger partial charge is 0.562 e. The Morgan fingerprint density at radius 2 is 0.556 bits per heavy atom. The Bertz CT molecular complexity index is 1940. The minimum absolute atomic E-state index is 0.568. The number of nitrogens with one attached hydrogen (secondary N) is 3. The van der Waals surface area contributed by atoms with Gasteiger partial charge in [-0.3, -0.25) is 27.1 Å². The third-order valence-electron chi connectivity index (χ3n) is 8.44. The molecule has 276 valence electrons. The maximum absolute atomic E-state index is 7.24. The lowest BCUT2D eigenvalue weighted by Gasteiger charge is -2.44. The first-order valence-electron chi connectivity index (χ1n) is 17.6. The molecule has 0 unspecified atom stereocenters. The first-order valence-corrected chi connectivity index (χ1v) is 22.5. The van der Waals surface area contributed by atoms with Gasteiger partial charge in [0.05, 0.1) is 4.86 Å². The van der Waals surface area contributed by atoms with Crippen LogP contribution in [0.5, 0.6) is 34.5 Å². The van der Waals surface area contributed by atoms with Crippen molar-refractivity contribution in [2.45, 2.75) is 38.3 Å². The first kappa shape index (κ1) is 37.6. The van der Waals surface area contributed by atoms with E-state index in [9.17, 15) is 0 Å². The highest BCUT2D eigenvalue weighted by atomic mass is 31.3. The van der Waals surface area contributed by atoms with Gasteiger partial charge in [-0.1, -0.05) is 119 Å². The molecule has 1 fully saturated rings. The molecule has 1 saturated heterocycles. The number of benzene rings is 6. The summed E-state index contributed by atoms with van der Waals surface area (Å²) in [7, 11) is -10.7. The Hall–Kier alpha value is -4.71. The second-order valence-corrected chi connectivity index (χ2v) is 21.4. The Labute approximate surface area is 319 Å². The SMILES string of the molecule is CC1(C)N[P+](Oc2ccccc2)(Oc2ccccc2)N[P+](Oc2ccccc2)(Oc2ccccc2)C(C)(C)N[P+]1(Oc1ccccc1)Oc1ccccc1. The molecule has 6 aromatic rings. The highest BCUT2D eigenvalue weighted by Crippen LogP contribution is 2.80. The molecule has 1 aliphatic heterocycles. The average Bonchev–Trinajstić information content (AvgIpc) is 3.16. The van der Waals surface area contributed by atoms with Crippen LogP contribution < -0.4 is 42.2 Å². The van der Waals surface area contributed by atoms with Crippen LogP contribution in [0.25, 0.3) is 0 Å². The van der Waals surface area contributed by atoms with Gasteiger partial charge in [0, 0.05) is 27.7 Å². The van der Waals surface area contributed by atoms with Crippen molar-refractivity contribution in [3.8, 4) is 34.5 Å². The average molecular weight is 781 g/mol. The molecule has 0 radical (unpaired) electrons. The van der Waals surface area contributed by atoms with Crippen molar-refractivity contribution < 1.29 is 27.1 Å². The molecule has 0 saturated carbocycles. The standard InChI is InChI=1S/C42H45N3O6P3/c1-41(2)43-52(46-35-23-11-5-12-24-35,47-36-25-13-6-14-26-36)42(3,4)44-54(50-39-31-19-9-20-32-39,51-40-33-21-10-22-34-40)45-53(41,48-37-27-15-7-16-28-37)49-38-29-17-8-18-30-38/h5-34,43-45H,1-4H3/q+3. The zero-order valence-corrected chi connectivity index (χ0v) is 33.3. The normalized spacial score (nSPS) is 17.8. The van der Waals surface area contributed by atoms with E-state index >= 15 is 0 Å². The van der Waals surface area contributed by atoms with Crippen LogP contribution in [0, 0.1) is 0 Å². The molecular weight excluding hydrogens is 735 g/mol. The van der Waals surface area contributed by atoms with E-state index in [-0.39, 0.29) is 0 Å². The van der Waals surface area contributed by atoms with Crippen molar-refractivity contribution in [2.75, 3.05) is 0 Å². The van der Waals surface area contributed by atoms with Gasteiger partial charge in [-0.05, 0) is 72.8 Å². The van der Waals surface area contributed by atoms with E-state index in [1.54, 1.807) is 0 Å². The maximum atomic E-state index is 7.24. The van der Waals surface area contributed by atoms with Crippen molar-refractivity contribution in [3.05, 3.63) is 182 Å². The summed E-state index contributed by atoms with van der Waals surface area (Å²) in [4.78, 5) is 3.85. The van der Waals surface area contributed by atoms with Gasteiger partial charge in [0.25, 0.3) is 0 Å². The monoisotopic (exact) mass is 780 g/mol. The predicted molar refractivity (Wildman–Crippen MR) is 221 cm³/mol. The van der Waals surface area contributed by atoms with E-state index in [1.807, 2.05) is 210 Å². The molecule has 0 bridgehead atoms. The fourth-order valence-corrected chi connectivity index (χ4v) is 16.3. The molecule has 0 spiro atoms. The molecule has 7 rings (SSSR count). The van der Waals surface area contributed by atoms with Gasteiger partial charge in [0.1, 0.15) is 0 Å². The summed E-state index contributed by atoms with van der Waals surface area (Å²) in [6.07, 6.45) is 0. The first-order chi connectivity index (χ1) is 26.1. The van der Waals surface area contributed by atoms with Crippen LogP contribution >= 0.6 is 23.8 Å². The molecule has 12 heteroatoms. The van der Waals surface area contributed by atoms with Crippen LogP contribution in [0.4, 0.5) is 0 Å². The summed E-state index contributed by atoms with van der Waals surface area (Å²) >= 11 is 0. The summed E-state index contributed by atoms with van der Waals surface area (Å²) in [5.41, 5.74) is 0. The van der Waals surface area contributed by atoms with Crippen LogP contribution in [-0.4, -0.2) is 10.6 Å². The van der Waals surface area contributed by atoms with Gasteiger partial charge in [-0.2, -0.15) is 0 Å². The van der Waals surface area contributed by atoms with Crippen molar-refractivity contribution >= 4 is 23.8 Å². The lowest BCUT2D eigenvalue weighted by Crippen LogP contribution is -2.62. The number of hydrogen-bond acceptors (Lipinski definition) is 9. The highest BCUT2D eigenvalue weighted by Gasteiger charge is 2.83. The van der Waals surface area contributed by atoms with E-state index < -0.39 is 34.3 Å². The summed E-state index contributed by atoms with van der Waals surface area (Å²) in [6.45, 7) is 8.16. The molecule has 0 aromatic heterocycles. The Kier molecular flexibility index (Phi) is 11.1. The predicted octanol–water partition coefficient (Wildman–Crippen LogP) is 11.9. The Morgan fingerprint density at radius 1 is 0.315 bits per heavy atom. The van der Waals surface area contributed by atoms with Crippen LogP contribution in [0.15, 0.2) is 182 Å². The zero-order chi connectivity index (χ0) is 37.5. The second-order valence-electron chi connectivity index (χ2n) is 13.5. The van der Waals surface area contributed by atoms with E-state index in [1.165, 1.54) is 0 Å². The van der Waals surface area contributed by atoms with Crippen molar-refractivity contribution in [2.24, 2.45) is 0 Å². The topological polar surface area (TPSA) is 91.5 Å². The minimum Gasteiger partial charge on any atom is -0.288 e. The quantitative estimate of drug-likeness (QED) is 0.105. The van der Waals surface area contributed by atoms with Crippen LogP contribution in [-0.2, 0) is 0 Å². The van der Waals surface area contributed by atoms with Gasteiger partial charge >= 0.3 is 23.8 Å². The van der Waals surface area contributed by atoms with Gasteiger partial charge in [-0.25, -0.2) is 0 Å². The summed E-state index contributed by atoms with van der Waals surface area (Å²) in [5.74, 6) is 3.53. The lowest BCUT2D eigenvalue weighted by atomic mass is 10.3. The van der Waals surface area contributed by atoms with E-state index in [2.05, 4.69) is 15.0 Å². The van der Waals surface area contributed by atoms with E-state index in [0.29, 0.717) is 34.5 Å². The van der Waals surface area contributed by atoms with Crippen LogP contribution in [0.1, 0.15) is 27.7 Å². The van der Waals surface area contributed by atoms with Gasteiger partial charge in [-0.15, -0.1) is 0 Å². The molecule has 6 aromatic carbocycles. The molecule has 1 heterocycles.